The van der Waals surface area contributed by atoms with E-state index in [1.165, 1.54) is 0 Å². The second-order valence-corrected chi connectivity index (χ2v) is 4.45. The smallest absolute Gasteiger partial charge is 0.0766 e. The second-order valence-electron chi connectivity index (χ2n) is 4.45. The summed E-state index contributed by atoms with van der Waals surface area (Å²) in [5.74, 6) is 0.259. The molecule has 0 rings (SSSR count). The van der Waals surface area contributed by atoms with E-state index in [4.69, 9.17) is 4.74 Å². The maximum absolute atomic E-state index is 10.0. The van der Waals surface area contributed by atoms with Gasteiger partial charge in [0.15, 0.2) is 0 Å². The highest BCUT2D eigenvalue weighted by Crippen LogP contribution is 2.14. The first-order chi connectivity index (χ1) is 6.44. The van der Waals surface area contributed by atoms with Crippen LogP contribution in [0, 0.1) is 5.92 Å². The number of ether oxygens (including phenoxy) is 1. The van der Waals surface area contributed by atoms with Crippen molar-refractivity contribution in [1.82, 2.24) is 5.32 Å². The van der Waals surface area contributed by atoms with Crippen molar-refractivity contribution in [1.29, 1.82) is 0 Å². The lowest BCUT2D eigenvalue weighted by atomic mass is 9.92. The van der Waals surface area contributed by atoms with E-state index in [0.717, 1.165) is 6.42 Å². The Hall–Kier alpha value is -0.120. The number of nitrogens with one attached hydrogen (secondary N) is 1. The highest BCUT2D eigenvalue weighted by molar-refractivity contribution is 4.80. The predicted molar refractivity (Wildman–Crippen MR) is 59.4 cm³/mol. The molecule has 2 N–H and O–H groups in total. The van der Waals surface area contributed by atoms with Crippen LogP contribution in [0.5, 0.6) is 0 Å². The highest BCUT2D eigenvalue weighted by atomic mass is 16.5. The van der Waals surface area contributed by atoms with Crippen LogP contribution in [-0.4, -0.2) is 37.0 Å². The topological polar surface area (TPSA) is 41.5 Å². The standard InChI is InChI=1S/C11H25NO2/c1-6-10(7-14-5)12-8-11(4,13)9(2)3/h9-10,12-13H,6-8H2,1-5H3. The van der Waals surface area contributed by atoms with Gasteiger partial charge in [0, 0.05) is 19.7 Å². The summed E-state index contributed by atoms with van der Waals surface area (Å²) in [7, 11) is 1.70. The number of rotatable bonds is 7. The molecule has 3 nitrogen and oxygen atoms in total. The Morgan fingerprint density at radius 3 is 2.36 bits per heavy atom. The van der Waals surface area contributed by atoms with E-state index in [0.29, 0.717) is 19.2 Å². The molecule has 2 atom stereocenters. The summed E-state index contributed by atoms with van der Waals surface area (Å²) in [5, 5.41) is 13.3. The van der Waals surface area contributed by atoms with Gasteiger partial charge in [0.1, 0.15) is 0 Å². The van der Waals surface area contributed by atoms with Gasteiger partial charge in [-0.15, -0.1) is 0 Å². The fourth-order valence-corrected chi connectivity index (χ4v) is 1.08. The van der Waals surface area contributed by atoms with Gasteiger partial charge in [0.2, 0.25) is 0 Å². The Morgan fingerprint density at radius 2 is 2.00 bits per heavy atom. The van der Waals surface area contributed by atoms with E-state index >= 15 is 0 Å². The maximum Gasteiger partial charge on any atom is 0.0766 e. The Balaban J connectivity index is 3.89. The largest absolute Gasteiger partial charge is 0.389 e. The third kappa shape index (κ3) is 4.94. The van der Waals surface area contributed by atoms with Crippen LogP contribution in [-0.2, 0) is 4.74 Å². The van der Waals surface area contributed by atoms with Gasteiger partial charge in [-0.3, -0.25) is 0 Å². The lowest BCUT2D eigenvalue weighted by Gasteiger charge is -2.30. The molecule has 0 saturated heterocycles. The number of methoxy groups -OCH3 is 1. The van der Waals surface area contributed by atoms with Crippen molar-refractivity contribution in [2.24, 2.45) is 5.92 Å². The van der Waals surface area contributed by atoms with Crippen molar-refractivity contribution in [3.8, 4) is 0 Å². The summed E-state index contributed by atoms with van der Waals surface area (Å²) >= 11 is 0. The average molecular weight is 203 g/mol. The van der Waals surface area contributed by atoms with E-state index in [1.807, 2.05) is 20.8 Å². The number of hydrogen-bond donors (Lipinski definition) is 2. The summed E-state index contributed by atoms with van der Waals surface area (Å²) in [5.41, 5.74) is -0.638. The molecular formula is C11H25NO2. The van der Waals surface area contributed by atoms with Gasteiger partial charge in [0.05, 0.1) is 12.2 Å². The molecule has 86 valence electrons. The zero-order valence-electron chi connectivity index (χ0n) is 10.1. The zero-order valence-corrected chi connectivity index (χ0v) is 10.1. The second kappa shape index (κ2) is 6.38. The normalized spacial score (nSPS) is 18.2. The van der Waals surface area contributed by atoms with E-state index < -0.39 is 5.60 Å². The minimum atomic E-state index is -0.638. The van der Waals surface area contributed by atoms with Crippen molar-refractivity contribution in [3.05, 3.63) is 0 Å². The molecule has 0 aliphatic heterocycles. The lowest BCUT2D eigenvalue weighted by Crippen LogP contribution is -2.46. The molecule has 0 aromatic rings. The molecule has 0 fully saturated rings. The van der Waals surface area contributed by atoms with Gasteiger partial charge in [-0.1, -0.05) is 20.8 Å². The fourth-order valence-electron chi connectivity index (χ4n) is 1.08. The summed E-state index contributed by atoms with van der Waals surface area (Å²) < 4.78 is 5.08. The van der Waals surface area contributed by atoms with E-state index in [1.54, 1.807) is 7.11 Å². The molecule has 0 bridgehead atoms. The highest BCUT2D eigenvalue weighted by Gasteiger charge is 2.25. The van der Waals surface area contributed by atoms with Crippen LogP contribution in [0.25, 0.3) is 0 Å². The van der Waals surface area contributed by atoms with Crippen LogP contribution in [0.2, 0.25) is 0 Å². The summed E-state index contributed by atoms with van der Waals surface area (Å²) in [4.78, 5) is 0. The zero-order chi connectivity index (χ0) is 11.2. The Bertz CT molecular complexity index is 146. The number of aliphatic hydroxyl groups is 1. The van der Waals surface area contributed by atoms with Crippen molar-refractivity contribution in [2.45, 2.75) is 45.8 Å². The van der Waals surface area contributed by atoms with Gasteiger partial charge >= 0.3 is 0 Å². The van der Waals surface area contributed by atoms with Crippen molar-refractivity contribution in [2.75, 3.05) is 20.3 Å². The Morgan fingerprint density at radius 1 is 1.43 bits per heavy atom. The first kappa shape index (κ1) is 13.9. The Kier molecular flexibility index (Phi) is 6.33. The van der Waals surface area contributed by atoms with Crippen LogP contribution >= 0.6 is 0 Å². The molecule has 3 heteroatoms. The van der Waals surface area contributed by atoms with E-state index in [9.17, 15) is 5.11 Å². The maximum atomic E-state index is 10.0. The van der Waals surface area contributed by atoms with E-state index in [2.05, 4.69) is 12.2 Å². The molecule has 0 radical (unpaired) electrons. The Labute approximate surface area is 87.8 Å². The summed E-state index contributed by atoms with van der Waals surface area (Å²) in [6, 6.07) is 0.338. The monoisotopic (exact) mass is 203 g/mol. The summed E-state index contributed by atoms with van der Waals surface area (Å²) in [6.45, 7) is 9.35. The number of hydrogen-bond acceptors (Lipinski definition) is 3. The molecule has 0 aromatic heterocycles. The molecule has 0 aliphatic rings. The van der Waals surface area contributed by atoms with Crippen LogP contribution in [0.1, 0.15) is 34.1 Å². The third-order valence-corrected chi connectivity index (χ3v) is 2.85. The molecule has 2 unspecified atom stereocenters. The average Bonchev–Trinajstić information content (AvgIpc) is 2.12. The molecule has 14 heavy (non-hydrogen) atoms. The van der Waals surface area contributed by atoms with E-state index in [-0.39, 0.29) is 5.92 Å². The van der Waals surface area contributed by atoms with Gasteiger partial charge in [-0.25, -0.2) is 0 Å². The SMILES string of the molecule is CCC(COC)NCC(C)(O)C(C)C. The van der Waals surface area contributed by atoms with Gasteiger partial charge < -0.3 is 15.2 Å². The lowest BCUT2D eigenvalue weighted by molar-refractivity contribution is 0.00890. The molecule has 0 amide bonds. The van der Waals surface area contributed by atoms with Crippen LogP contribution in [0.15, 0.2) is 0 Å². The van der Waals surface area contributed by atoms with Gasteiger partial charge in [-0.2, -0.15) is 0 Å². The van der Waals surface area contributed by atoms with Crippen LogP contribution in [0.4, 0.5) is 0 Å². The first-order valence-corrected chi connectivity index (χ1v) is 5.38. The molecule has 0 saturated carbocycles. The third-order valence-electron chi connectivity index (χ3n) is 2.85. The van der Waals surface area contributed by atoms with Crippen molar-refractivity contribution in [3.63, 3.8) is 0 Å². The minimum absolute atomic E-state index is 0.259. The molecule has 0 spiro atoms. The fraction of sp³-hybridized carbons (Fsp3) is 1.00. The molecular weight excluding hydrogens is 178 g/mol. The van der Waals surface area contributed by atoms with Crippen LogP contribution < -0.4 is 5.32 Å². The van der Waals surface area contributed by atoms with Gasteiger partial charge in [-0.05, 0) is 19.3 Å². The van der Waals surface area contributed by atoms with Crippen molar-refractivity contribution >= 4 is 0 Å². The first-order valence-electron chi connectivity index (χ1n) is 5.38. The summed E-state index contributed by atoms with van der Waals surface area (Å²) in [6.07, 6.45) is 1.02. The quantitative estimate of drug-likeness (QED) is 0.657. The molecule has 0 aromatic carbocycles. The predicted octanol–water partition coefficient (Wildman–Crippen LogP) is 1.41. The van der Waals surface area contributed by atoms with Crippen LogP contribution in [0.3, 0.4) is 0 Å². The van der Waals surface area contributed by atoms with Crippen molar-refractivity contribution < 1.29 is 9.84 Å². The van der Waals surface area contributed by atoms with Gasteiger partial charge in [0.25, 0.3) is 0 Å². The minimum Gasteiger partial charge on any atom is -0.389 e. The molecule has 0 aliphatic carbocycles. The molecule has 0 heterocycles.